The van der Waals surface area contributed by atoms with Crippen molar-refractivity contribution in [1.82, 2.24) is 5.32 Å². The molecule has 0 bridgehead atoms. The number of unbranched alkanes of at least 4 members (excludes halogenated alkanes) is 2. The highest BCUT2D eigenvalue weighted by Gasteiger charge is 2.06. The first kappa shape index (κ1) is 16.0. The van der Waals surface area contributed by atoms with E-state index in [1.54, 1.807) is 18.2 Å². The van der Waals surface area contributed by atoms with Gasteiger partial charge < -0.3 is 15.8 Å². The number of amides is 1. The maximum absolute atomic E-state index is 11.9. The van der Waals surface area contributed by atoms with Gasteiger partial charge in [0.1, 0.15) is 0 Å². The molecule has 1 aromatic carbocycles. The minimum Gasteiger partial charge on any atom is -0.469 e. The summed E-state index contributed by atoms with van der Waals surface area (Å²) in [6.45, 7) is 2.47. The van der Waals surface area contributed by atoms with Gasteiger partial charge >= 0.3 is 5.97 Å². The fourth-order valence-corrected chi connectivity index (χ4v) is 1.79. The van der Waals surface area contributed by atoms with Crippen LogP contribution < -0.4 is 11.1 Å². The normalized spacial score (nSPS) is 10.1. The van der Waals surface area contributed by atoms with E-state index < -0.39 is 0 Å². The van der Waals surface area contributed by atoms with E-state index >= 15 is 0 Å². The molecular weight excluding hydrogens is 256 g/mol. The Kier molecular flexibility index (Phi) is 6.56. The average molecular weight is 278 g/mol. The van der Waals surface area contributed by atoms with Crippen LogP contribution >= 0.6 is 0 Å². The van der Waals surface area contributed by atoms with Crippen molar-refractivity contribution in [3.63, 3.8) is 0 Å². The van der Waals surface area contributed by atoms with Crippen molar-refractivity contribution in [2.45, 2.75) is 32.6 Å². The van der Waals surface area contributed by atoms with Crippen LogP contribution in [0.1, 0.15) is 41.6 Å². The van der Waals surface area contributed by atoms with Gasteiger partial charge in [-0.25, -0.2) is 0 Å². The summed E-state index contributed by atoms with van der Waals surface area (Å²) in [5, 5.41) is 2.85. The highest BCUT2D eigenvalue weighted by Crippen LogP contribution is 2.12. The first-order chi connectivity index (χ1) is 9.54. The standard InChI is InChI=1S/C15H22N2O3/c1-11-10-12(7-8-13(11)16)15(19)17-9-5-3-4-6-14(18)20-2/h7-8,10H,3-6,9,16H2,1-2H3,(H,17,19). The van der Waals surface area contributed by atoms with Crippen molar-refractivity contribution < 1.29 is 14.3 Å². The van der Waals surface area contributed by atoms with Gasteiger partial charge in [-0.05, 0) is 43.5 Å². The van der Waals surface area contributed by atoms with Crippen LogP contribution in [0.3, 0.4) is 0 Å². The smallest absolute Gasteiger partial charge is 0.305 e. The van der Waals surface area contributed by atoms with Gasteiger partial charge in [0.2, 0.25) is 0 Å². The fourth-order valence-electron chi connectivity index (χ4n) is 1.79. The number of esters is 1. The molecule has 20 heavy (non-hydrogen) atoms. The average Bonchev–Trinajstić information content (AvgIpc) is 2.44. The minimum atomic E-state index is -0.189. The van der Waals surface area contributed by atoms with Gasteiger partial charge in [0, 0.05) is 24.2 Å². The number of rotatable bonds is 7. The lowest BCUT2D eigenvalue weighted by molar-refractivity contribution is -0.140. The molecule has 0 aliphatic heterocycles. The molecule has 1 rings (SSSR count). The van der Waals surface area contributed by atoms with Crippen LogP contribution in [0.25, 0.3) is 0 Å². The molecule has 5 heteroatoms. The second kappa shape index (κ2) is 8.19. The van der Waals surface area contributed by atoms with Crippen LogP contribution in [0.15, 0.2) is 18.2 Å². The number of carbonyl (C=O) groups is 2. The lowest BCUT2D eigenvalue weighted by atomic mass is 10.1. The molecule has 5 nitrogen and oxygen atoms in total. The van der Waals surface area contributed by atoms with Crippen LogP contribution in [0.2, 0.25) is 0 Å². The van der Waals surface area contributed by atoms with E-state index in [0.717, 1.165) is 24.8 Å². The number of benzene rings is 1. The van der Waals surface area contributed by atoms with E-state index in [4.69, 9.17) is 5.73 Å². The highest BCUT2D eigenvalue weighted by molar-refractivity contribution is 5.94. The number of hydrogen-bond donors (Lipinski definition) is 2. The zero-order chi connectivity index (χ0) is 15.0. The summed E-state index contributed by atoms with van der Waals surface area (Å²) in [5.74, 6) is -0.285. The summed E-state index contributed by atoms with van der Waals surface area (Å²) in [7, 11) is 1.39. The molecule has 0 saturated carbocycles. The summed E-state index contributed by atoms with van der Waals surface area (Å²) in [6.07, 6.45) is 2.94. The van der Waals surface area contributed by atoms with Crippen molar-refractivity contribution in [3.8, 4) is 0 Å². The van der Waals surface area contributed by atoms with Crippen molar-refractivity contribution in [1.29, 1.82) is 0 Å². The van der Waals surface area contributed by atoms with Gasteiger partial charge in [0.05, 0.1) is 7.11 Å². The van der Waals surface area contributed by atoms with Crippen LogP contribution in [-0.4, -0.2) is 25.5 Å². The summed E-state index contributed by atoms with van der Waals surface area (Å²) >= 11 is 0. The second-order valence-electron chi connectivity index (χ2n) is 4.71. The molecule has 0 radical (unpaired) electrons. The van der Waals surface area contributed by atoms with Crippen molar-refractivity contribution in [3.05, 3.63) is 29.3 Å². The number of nitrogens with one attached hydrogen (secondary N) is 1. The molecule has 0 fully saturated rings. The lowest BCUT2D eigenvalue weighted by Gasteiger charge is -2.07. The molecule has 0 spiro atoms. The fraction of sp³-hybridized carbons (Fsp3) is 0.467. The van der Waals surface area contributed by atoms with E-state index in [0.29, 0.717) is 24.2 Å². The largest absolute Gasteiger partial charge is 0.469 e. The molecule has 0 aromatic heterocycles. The van der Waals surface area contributed by atoms with Crippen molar-refractivity contribution >= 4 is 17.6 Å². The van der Waals surface area contributed by atoms with Crippen LogP contribution in [-0.2, 0) is 9.53 Å². The van der Waals surface area contributed by atoms with Crippen LogP contribution in [0.4, 0.5) is 5.69 Å². The van der Waals surface area contributed by atoms with Gasteiger partial charge in [-0.3, -0.25) is 9.59 Å². The Morgan fingerprint density at radius 2 is 2.00 bits per heavy atom. The molecule has 3 N–H and O–H groups in total. The Balaban J connectivity index is 2.23. The molecule has 1 aromatic rings. The zero-order valence-electron chi connectivity index (χ0n) is 12.1. The summed E-state index contributed by atoms with van der Waals surface area (Å²) in [4.78, 5) is 22.8. The number of hydrogen-bond acceptors (Lipinski definition) is 4. The van der Waals surface area contributed by atoms with E-state index in [9.17, 15) is 9.59 Å². The van der Waals surface area contributed by atoms with E-state index in [-0.39, 0.29) is 11.9 Å². The third-order valence-electron chi connectivity index (χ3n) is 3.10. The first-order valence-corrected chi connectivity index (χ1v) is 6.75. The van der Waals surface area contributed by atoms with Gasteiger partial charge in [-0.15, -0.1) is 0 Å². The third-order valence-corrected chi connectivity index (χ3v) is 3.10. The number of nitrogens with two attached hydrogens (primary N) is 1. The Morgan fingerprint density at radius 3 is 2.65 bits per heavy atom. The number of nitrogen functional groups attached to an aromatic ring is 1. The number of methoxy groups -OCH3 is 1. The molecule has 0 heterocycles. The topological polar surface area (TPSA) is 81.4 Å². The number of aryl methyl sites for hydroxylation is 1. The Morgan fingerprint density at radius 1 is 1.25 bits per heavy atom. The van der Waals surface area contributed by atoms with Crippen molar-refractivity contribution in [2.75, 3.05) is 19.4 Å². The minimum absolute atomic E-state index is 0.0962. The monoisotopic (exact) mass is 278 g/mol. The van der Waals surface area contributed by atoms with E-state index in [2.05, 4.69) is 10.1 Å². The van der Waals surface area contributed by atoms with Gasteiger partial charge in [0.15, 0.2) is 0 Å². The van der Waals surface area contributed by atoms with Gasteiger partial charge in [-0.1, -0.05) is 6.42 Å². The number of anilines is 1. The second-order valence-corrected chi connectivity index (χ2v) is 4.71. The SMILES string of the molecule is COC(=O)CCCCCNC(=O)c1ccc(N)c(C)c1. The summed E-state index contributed by atoms with van der Waals surface area (Å²) in [5.41, 5.74) is 7.91. The highest BCUT2D eigenvalue weighted by atomic mass is 16.5. The maximum Gasteiger partial charge on any atom is 0.305 e. The van der Waals surface area contributed by atoms with Gasteiger partial charge in [0.25, 0.3) is 5.91 Å². The molecule has 0 unspecified atom stereocenters. The van der Waals surface area contributed by atoms with E-state index in [1.165, 1.54) is 7.11 Å². The first-order valence-electron chi connectivity index (χ1n) is 6.75. The predicted molar refractivity (Wildman–Crippen MR) is 78.4 cm³/mol. The molecular formula is C15H22N2O3. The summed E-state index contributed by atoms with van der Waals surface area (Å²) in [6, 6.07) is 5.23. The molecule has 0 aliphatic rings. The Hall–Kier alpha value is -2.04. The summed E-state index contributed by atoms with van der Waals surface area (Å²) < 4.78 is 4.55. The molecule has 110 valence electrons. The van der Waals surface area contributed by atoms with Gasteiger partial charge in [-0.2, -0.15) is 0 Å². The lowest BCUT2D eigenvalue weighted by Crippen LogP contribution is -2.24. The molecule has 0 saturated heterocycles. The van der Waals surface area contributed by atoms with E-state index in [1.807, 2.05) is 6.92 Å². The molecule has 0 aliphatic carbocycles. The zero-order valence-corrected chi connectivity index (χ0v) is 12.1. The molecule has 0 atom stereocenters. The maximum atomic E-state index is 11.9. The van der Waals surface area contributed by atoms with Crippen LogP contribution in [0.5, 0.6) is 0 Å². The van der Waals surface area contributed by atoms with Crippen molar-refractivity contribution in [2.24, 2.45) is 0 Å². The van der Waals surface area contributed by atoms with Crippen LogP contribution in [0, 0.1) is 6.92 Å². The number of carbonyl (C=O) groups excluding carboxylic acids is 2. The Labute approximate surface area is 119 Å². The molecule has 1 amide bonds. The number of ether oxygens (including phenoxy) is 1. The Bertz CT molecular complexity index is 472. The quantitative estimate of drug-likeness (QED) is 0.454. The predicted octanol–water partition coefficient (Wildman–Crippen LogP) is 2.04. The third kappa shape index (κ3) is 5.30.